The van der Waals surface area contributed by atoms with Crippen LogP contribution in [0, 0.1) is 5.41 Å². The molecule has 0 aliphatic heterocycles. The van der Waals surface area contributed by atoms with Gasteiger partial charge in [0.05, 0.1) is 13.2 Å². The Morgan fingerprint density at radius 1 is 1.16 bits per heavy atom. The third-order valence-electron chi connectivity index (χ3n) is 4.17. The van der Waals surface area contributed by atoms with Gasteiger partial charge in [0.25, 0.3) is 0 Å². The number of carbonyl (C=O) groups is 1. The fraction of sp³-hybridized carbons (Fsp3) is 0.933. The number of hydrogen-bond acceptors (Lipinski definition) is 4. The van der Waals surface area contributed by atoms with Gasteiger partial charge in [0.2, 0.25) is 0 Å². The predicted octanol–water partition coefficient (Wildman–Crippen LogP) is 3.64. The maximum atomic E-state index is 11.5. The normalized spacial score (nSPS) is 30.5. The first-order valence-electron chi connectivity index (χ1n) is 7.45. The van der Waals surface area contributed by atoms with Crippen LogP contribution in [0.4, 0.5) is 0 Å². The zero-order chi connectivity index (χ0) is 14.4. The van der Waals surface area contributed by atoms with E-state index in [1.807, 2.05) is 13.8 Å². The minimum atomic E-state index is -0.167. The van der Waals surface area contributed by atoms with Gasteiger partial charge in [-0.25, -0.2) is 9.78 Å². The molecule has 0 radical (unpaired) electrons. The van der Waals surface area contributed by atoms with Crippen molar-refractivity contribution in [3.63, 3.8) is 0 Å². The van der Waals surface area contributed by atoms with Crippen molar-refractivity contribution >= 4 is 5.97 Å². The third kappa shape index (κ3) is 4.77. The van der Waals surface area contributed by atoms with Crippen LogP contribution in [0.25, 0.3) is 0 Å². The van der Waals surface area contributed by atoms with Gasteiger partial charge in [-0.2, -0.15) is 0 Å². The van der Waals surface area contributed by atoms with Crippen molar-refractivity contribution in [2.24, 2.45) is 5.41 Å². The summed E-state index contributed by atoms with van der Waals surface area (Å²) in [5.41, 5.74) is -0.0146. The van der Waals surface area contributed by atoms with Crippen molar-refractivity contribution in [3.05, 3.63) is 0 Å². The average molecular weight is 272 g/mol. The summed E-state index contributed by atoms with van der Waals surface area (Å²) in [6, 6.07) is 0. The van der Waals surface area contributed by atoms with Crippen LogP contribution in [0.3, 0.4) is 0 Å². The summed E-state index contributed by atoms with van der Waals surface area (Å²) >= 11 is 0. The van der Waals surface area contributed by atoms with E-state index in [1.54, 1.807) is 0 Å². The Morgan fingerprint density at radius 3 is 2.47 bits per heavy atom. The van der Waals surface area contributed by atoms with Crippen molar-refractivity contribution in [3.8, 4) is 0 Å². The average Bonchev–Trinajstić information content (AvgIpc) is 2.74. The Morgan fingerprint density at radius 2 is 1.89 bits per heavy atom. The SMILES string of the molecule is CCOOC1(CC)CCC(C)(CCC(=O)OCC)C1. The number of carbonyl (C=O) groups excluding carboxylic acids is 1. The monoisotopic (exact) mass is 272 g/mol. The van der Waals surface area contributed by atoms with E-state index < -0.39 is 0 Å². The molecule has 0 spiro atoms. The van der Waals surface area contributed by atoms with E-state index in [0.717, 1.165) is 32.1 Å². The van der Waals surface area contributed by atoms with Gasteiger partial charge in [-0.05, 0) is 51.4 Å². The summed E-state index contributed by atoms with van der Waals surface area (Å²) in [7, 11) is 0. The molecule has 2 unspecified atom stereocenters. The molecule has 0 bridgehead atoms. The molecule has 1 rings (SSSR count). The Hall–Kier alpha value is -0.610. The molecule has 0 N–H and O–H groups in total. The van der Waals surface area contributed by atoms with Crippen LogP contribution in [0.15, 0.2) is 0 Å². The summed E-state index contributed by atoms with van der Waals surface area (Å²) < 4.78 is 5.00. The van der Waals surface area contributed by atoms with Gasteiger partial charge in [0.15, 0.2) is 0 Å². The lowest BCUT2D eigenvalue weighted by Gasteiger charge is -2.30. The predicted molar refractivity (Wildman–Crippen MR) is 73.6 cm³/mol. The second kappa shape index (κ2) is 7.25. The standard InChI is InChI=1S/C15H28O4/c1-5-15(19-18-7-3)11-10-14(4,12-15)9-8-13(16)17-6-2/h5-12H2,1-4H3. The molecule has 1 fully saturated rings. The van der Waals surface area contributed by atoms with Crippen molar-refractivity contribution in [1.29, 1.82) is 0 Å². The van der Waals surface area contributed by atoms with Crippen LogP contribution in [0.1, 0.15) is 66.2 Å². The summed E-state index contributed by atoms with van der Waals surface area (Å²) in [5, 5.41) is 0. The van der Waals surface area contributed by atoms with E-state index in [0.29, 0.717) is 19.6 Å². The van der Waals surface area contributed by atoms with Crippen LogP contribution >= 0.6 is 0 Å². The van der Waals surface area contributed by atoms with Crippen LogP contribution in [0.5, 0.6) is 0 Å². The van der Waals surface area contributed by atoms with Crippen molar-refractivity contribution in [2.75, 3.05) is 13.2 Å². The highest BCUT2D eigenvalue weighted by Gasteiger charge is 2.46. The summed E-state index contributed by atoms with van der Waals surface area (Å²) in [5.74, 6) is -0.0940. The maximum Gasteiger partial charge on any atom is 0.305 e. The molecule has 1 saturated carbocycles. The molecule has 0 aromatic carbocycles. The van der Waals surface area contributed by atoms with Gasteiger partial charge in [-0.15, -0.1) is 0 Å². The summed E-state index contributed by atoms with van der Waals surface area (Å²) in [4.78, 5) is 22.3. The van der Waals surface area contributed by atoms with Gasteiger partial charge in [0.1, 0.15) is 5.60 Å². The molecule has 4 heteroatoms. The molecule has 1 aliphatic rings. The lowest BCUT2D eigenvalue weighted by atomic mass is 9.82. The van der Waals surface area contributed by atoms with Crippen LogP contribution < -0.4 is 0 Å². The Bertz CT molecular complexity index is 292. The molecule has 112 valence electrons. The highest BCUT2D eigenvalue weighted by Crippen LogP contribution is 2.50. The fourth-order valence-electron chi connectivity index (χ4n) is 2.95. The van der Waals surface area contributed by atoms with Crippen molar-refractivity contribution in [1.82, 2.24) is 0 Å². The minimum Gasteiger partial charge on any atom is -0.466 e. The van der Waals surface area contributed by atoms with Crippen molar-refractivity contribution < 1.29 is 19.3 Å². The van der Waals surface area contributed by atoms with Crippen molar-refractivity contribution in [2.45, 2.75) is 71.8 Å². The Balaban J connectivity index is 2.49. The smallest absolute Gasteiger partial charge is 0.305 e. The van der Waals surface area contributed by atoms with Gasteiger partial charge in [0, 0.05) is 6.42 Å². The molecule has 0 aromatic rings. The fourth-order valence-corrected chi connectivity index (χ4v) is 2.95. The topological polar surface area (TPSA) is 44.8 Å². The molecule has 4 nitrogen and oxygen atoms in total. The van der Waals surface area contributed by atoms with Crippen LogP contribution in [0.2, 0.25) is 0 Å². The lowest BCUT2D eigenvalue weighted by molar-refractivity contribution is -0.360. The minimum absolute atomic E-state index is 0.0940. The number of rotatable bonds is 8. The number of ether oxygens (including phenoxy) is 1. The third-order valence-corrected chi connectivity index (χ3v) is 4.17. The van der Waals surface area contributed by atoms with E-state index in [-0.39, 0.29) is 17.0 Å². The summed E-state index contributed by atoms with van der Waals surface area (Å²) in [6.45, 7) is 9.17. The van der Waals surface area contributed by atoms with Gasteiger partial charge in [-0.3, -0.25) is 4.79 Å². The Labute approximate surface area is 116 Å². The molecule has 0 saturated heterocycles. The molecule has 0 aromatic heterocycles. The molecular weight excluding hydrogens is 244 g/mol. The van der Waals surface area contributed by atoms with Crippen LogP contribution in [-0.4, -0.2) is 24.8 Å². The number of esters is 1. The zero-order valence-corrected chi connectivity index (χ0v) is 12.8. The van der Waals surface area contributed by atoms with E-state index in [4.69, 9.17) is 14.5 Å². The summed E-state index contributed by atoms with van der Waals surface area (Å²) in [6.07, 6.45) is 5.34. The first-order chi connectivity index (χ1) is 8.99. The van der Waals surface area contributed by atoms with Gasteiger partial charge >= 0.3 is 5.97 Å². The number of hydrogen-bond donors (Lipinski definition) is 0. The molecule has 2 atom stereocenters. The molecular formula is C15H28O4. The largest absolute Gasteiger partial charge is 0.466 e. The highest BCUT2D eigenvalue weighted by molar-refractivity contribution is 5.69. The van der Waals surface area contributed by atoms with E-state index in [2.05, 4.69) is 13.8 Å². The van der Waals surface area contributed by atoms with Gasteiger partial charge in [-0.1, -0.05) is 13.8 Å². The second-order valence-corrected chi connectivity index (χ2v) is 5.82. The van der Waals surface area contributed by atoms with E-state index >= 15 is 0 Å². The lowest BCUT2D eigenvalue weighted by Crippen LogP contribution is -2.30. The quantitative estimate of drug-likeness (QED) is 0.384. The molecule has 0 amide bonds. The van der Waals surface area contributed by atoms with Gasteiger partial charge < -0.3 is 4.74 Å². The zero-order valence-electron chi connectivity index (χ0n) is 12.8. The second-order valence-electron chi connectivity index (χ2n) is 5.82. The van der Waals surface area contributed by atoms with E-state index in [1.165, 1.54) is 0 Å². The molecule has 1 aliphatic carbocycles. The first-order valence-corrected chi connectivity index (χ1v) is 7.45. The first kappa shape index (κ1) is 16.4. The highest BCUT2D eigenvalue weighted by atomic mass is 17.2. The maximum absolute atomic E-state index is 11.5. The van der Waals surface area contributed by atoms with E-state index in [9.17, 15) is 4.79 Å². The van der Waals surface area contributed by atoms with Crippen LogP contribution in [-0.2, 0) is 19.3 Å². The molecule has 0 heterocycles. The molecule has 19 heavy (non-hydrogen) atoms. The Kier molecular flexibility index (Phi) is 6.27.